The second-order valence-corrected chi connectivity index (χ2v) is 4.52. The third kappa shape index (κ3) is 3.26. The van der Waals surface area contributed by atoms with Crippen molar-refractivity contribution in [1.29, 1.82) is 0 Å². The minimum Gasteiger partial charge on any atom is -0.490 e. The lowest BCUT2D eigenvalue weighted by Gasteiger charge is -2.35. The molecule has 1 fully saturated rings. The van der Waals surface area contributed by atoms with Crippen LogP contribution < -0.4 is 15.4 Å². The summed E-state index contributed by atoms with van der Waals surface area (Å²) in [5.74, 6) is 2.14. The first-order chi connectivity index (χ1) is 9.28. The molecular formula is C13H22N4O2. The lowest BCUT2D eigenvalue weighted by Crippen LogP contribution is -2.41. The largest absolute Gasteiger partial charge is 0.490 e. The first kappa shape index (κ1) is 13.9. The van der Waals surface area contributed by atoms with Gasteiger partial charge in [-0.3, -0.25) is 0 Å². The molecule has 0 aromatic carbocycles. The molecule has 1 heterocycles. The van der Waals surface area contributed by atoms with E-state index in [1.807, 2.05) is 13.8 Å². The molecule has 1 aromatic rings. The van der Waals surface area contributed by atoms with Crippen LogP contribution in [0.25, 0.3) is 0 Å². The van der Waals surface area contributed by atoms with E-state index in [4.69, 9.17) is 9.47 Å². The van der Waals surface area contributed by atoms with Gasteiger partial charge in [0.2, 0.25) is 5.75 Å². The first-order valence-corrected chi connectivity index (χ1v) is 6.79. The lowest BCUT2D eigenvalue weighted by atomic mass is 9.89. The predicted octanol–water partition coefficient (Wildman–Crippen LogP) is 1.90. The van der Waals surface area contributed by atoms with Gasteiger partial charge in [0.15, 0.2) is 11.6 Å². The standard InChI is InChI=1S/C13H22N4O2/c1-4-14-12-11(18-3)13(16-8-15-12)17-9-6-10(7-9)19-5-2/h8-10H,4-7H2,1-3H3,(H2,14,15,16,17). The summed E-state index contributed by atoms with van der Waals surface area (Å²) in [6, 6.07) is 0.398. The Kier molecular flexibility index (Phi) is 4.79. The highest BCUT2D eigenvalue weighted by Crippen LogP contribution is 2.33. The molecule has 0 saturated heterocycles. The number of methoxy groups -OCH3 is 1. The zero-order valence-corrected chi connectivity index (χ0v) is 11.8. The third-order valence-electron chi connectivity index (χ3n) is 3.19. The van der Waals surface area contributed by atoms with Crippen LogP contribution >= 0.6 is 0 Å². The van der Waals surface area contributed by atoms with Crippen LogP contribution in [0.15, 0.2) is 6.33 Å². The summed E-state index contributed by atoms with van der Waals surface area (Å²) in [7, 11) is 1.63. The third-order valence-corrected chi connectivity index (χ3v) is 3.19. The van der Waals surface area contributed by atoms with Gasteiger partial charge in [0.25, 0.3) is 0 Å². The molecule has 1 aliphatic carbocycles. The van der Waals surface area contributed by atoms with Crippen LogP contribution in [-0.4, -0.2) is 42.4 Å². The number of anilines is 2. The molecular weight excluding hydrogens is 244 g/mol. The monoisotopic (exact) mass is 266 g/mol. The zero-order valence-electron chi connectivity index (χ0n) is 11.8. The summed E-state index contributed by atoms with van der Waals surface area (Å²) in [6.45, 7) is 5.62. The molecule has 0 atom stereocenters. The van der Waals surface area contributed by atoms with E-state index >= 15 is 0 Å². The van der Waals surface area contributed by atoms with Crippen molar-refractivity contribution in [2.75, 3.05) is 30.9 Å². The topological polar surface area (TPSA) is 68.3 Å². The van der Waals surface area contributed by atoms with Gasteiger partial charge in [-0.1, -0.05) is 0 Å². The fraction of sp³-hybridized carbons (Fsp3) is 0.692. The predicted molar refractivity (Wildman–Crippen MR) is 74.8 cm³/mol. The molecule has 1 saturated carbocycles. The van der Waals surface area contributed by atoms with E-state index < -0.39 is 0 Å². The van der Waals surface area contributed by atoms with Gasteiger partial charge in [0.1, 0.15) is 6.33 Å². The van der Waals surface area contributed by atoms with Crippen molar-refractivity contribution in [2.24, 2.45) is 0 Å². The van der Waals surface area contributed by atoms with Crippen molar-refractivity contribution in [3.8, 4) is 5.75 Å². The molecule has 0 unspecified atom stereocenters. The Balaban J connectivity index is 1.98. The first-order valence-electron chi connectivity index (χ1n) is 6.79. The van der Waals surface area contributed by atoms with Crippen molar-refractivity contribution in [3.63, 3.8) is 0 Å². The maximum atomic E-state index is 5.55. The number of ether oxygens (including phenoxy) is 2. The highest BCUT2D eigenvalue weighted by Gasteiger charge is 2.30. The van der Waals surface area contributed by atoms with Crippen molar-refractivity contribution in [1.82, 2.24) is 9.97 Å². The second-order valence-electron chi connectivity index (χ2n) is 4.52. The van der Waals surface area contributed by atoms with Crippen LogP contribution in [0.4, 0.5) is 11.6 Å². The Labute approximate surface area is 113 Å². The zero-order chi connectivity index (χ0) is 13.7. The summed E-state index contributed by atoms with van der Waals surface area (Å²) in [4.78, 5) is 8.44. The average Bonchev–Trinajstić information content (AvgIpc) is 2.37. The molecule has 0 spiro atoms. The van der Waals surface area contributed by atoms with Gasteiger partial charge in [-0.25, -0.2) is 9.97 Å². The fourth-order valence-corrected chi connectivity index (χ4v) is 2.21. The summed E-state index contributed by atoms with van der Waals surface area (Å²) in [5, 5.41) is 6.55. The summed E-state index contributed by atoms with van der Waals surface area (Å²) in [5.41, 5.74) is 0. The smallest absolute Gasteiger partial charge is 0.204 e. The van der Waals surface area contributed by atoms with Gasteiger partial charge in [0, 0.05) is 19.2 Å². The van der Waals surface area contributed by atoms with Crippen molar-refractivity contribution < 1.29 is 9.47 Å². The Hall–Kier alpha value is -1.56. The van der Waals surface area contributed by atoms with Crippen LogP contribution in [0.1, 0.15) is 26.7 Å². The van der Waals surface area contributed by atoms with Crippen LogP contribution in [0.3, 0.4) is 0 Å². The quantitative estimate of drug-likeness (QED) is 0.785. The molecule has 6 heteroatoms. The number of aromatic nitrogens is 2. The minimum absolute atomic E-state index is 0.378. The van der Waals surface area contributed by atoms with Crippen molar-refractivity contribution in [3.05, 3.63) is 6.33 Å². The SMILES string of the molecule is CCNc1ncnc(NC2CC(OCC)C2)c1OC. The molecule has 0 aliphatic heterocycles. The maximum absolute atomic E-state index is 5.55. The molecule has 19 heavy (non-hydrogen) atoms. The molecule has 0 radical (unpaired) electrons. The number of rotatable bonds is 7. The number of hydrogen-bond acceptors (Lipinski definition) is 6. The van der Waals surface area contributed by atoms with Crippen LogP contribution in [0.2, 0.25) is 0 Å². The van der Waals surface area contributed by atoms with Crippen molar-refractivity contribution in [2.45, 2.75) is 38.8 Å². The van der Waals surface area contributed by atoms with E-state index in [9.17, 15) is 0 Å². The van der Waals surface area contributed by atoms with E-state index in [0.29, 0.717) is 17.9 Å². The number of nitrogens with zero attached hydrogens (tertiary/aromatic N) is 2. The highest BCUT2D eigenvalue weighted by molar-refractivity contribution is 5.63. The highest BCUT2D eigenvalue weighted by atomic mass is 16.5. The van der Waals surface area contributed by atoms with E-state index in [1.165, 1.54) is 0 Å². The molecule has 1 aromatic heterocycles. The molecule has 6 nitrogen and oxygen atoms in total. The normalized spacial score (nSPS) is 21.6. The van der Waals surface area contributed by atoms with Crippen LogP contribution in [-0.2, 0) is 4.74 Å². The van der Waals surface area contributed by atoms with Crippen LogP contribution in [0.5, 0.6) is 5.75 Å². The Morgan fingerprint density at radius 2 is 2.00 bits per heavy atom. The van der Waals surface area contributed by atoms with Gasteiger partial charge in [-0.15, -0.1) is 0 Å². The van der Waals surface area contributed by atoms with Gasteiger partial charge in [-0.2, -0.15) is 0 Å². The molecule has 1 aliphatic rings. The number of nitrogens with one attached hydrogen (secondary N) is 2. The number of hydrogen-bond donors (Lipinski definition) is 2. The minimum atomic E-state index is 0.378. The van der Waals surface area contributed by atoms with E-state index in [0.717, 1.165) is 37.6 Å². The molecule has 106 valence electrons. The van der Waals surface area contributed by atoms with Gasteiger partial charge >= 0.3 is 0 Å². The molecule has 2 N–H and O–H groups in total. The molecule has 0 amide bonds. The molecule has 0 bridgehead atoms. The lowest BCUT2D eigenvalue weighted by molar-refractivity contribution is 0.00288. The molecule has 2 rings (SSSR count). The Morgan fingerprint density at radius 1 is 1.26 bits per heavy atom. The van der Waals surface area contributed by atoms with Gasteiger partial charge in [-0.05, 0) is 26.7 Å². The van der Waals surface area contributed by atoms with Gasteiger partial charge < -0.3 is 20.1 Å². The fourth-order valence-electron chi connectivity index (χ4n) is 2.21. The van der Waals surface area contributed by atoms with E-state index in [-0.39, 0.29) is 0 Å². The Morgan fingerprint density at radius 3 is 2.63 bits per heavy atom. The Bertz CT molecular complexity index is 408. The summed E-state index contributed by atoms with van der Waals surface area (Å²) in [6.07, 6.45) is 3.94. The van der Waals surface area contributed by atoms with E-state index in [1.54, 1.807) is 13.4 Å². The summed E-state index contributed by atoms with van der Waals surface area (Å²) < 4.78 is 10.9. The second kappa shape index (κ2) is 6.56. The van der Waals surface area contributed by atoms with Crippen molar-refractivity contribution >= 4 is 11.6 Å². The van der Waals surface area contributed by atoms with Gasteiger partial charge in [0.05, 0.1) is 13.2 Å². The average molecular weight is 266 g/mol. The van der Waals surface area contributed by atoms with Crippen LogP contribution in [0, 0.1) is 0 Å². The maximum Gasteiger partial charge on any atom is 0.204 e. The van der Waals surface area contributed by atoms with E-state index in [2.05, 4.69) is 20.6 Å². The summed E-state index contributed by atoms with van der Waals surface area (Å²) >= 11 is 0.